The second-order valence-electron chi connectivity index (χ2n) is 6.09. The molecule has 0 bridgehead atoms. The molecule has 0 amide bonds. The maximum absolute atomic E-state index is 12.9. The molecule has 2 heterocycles. The highest BCUT2D eigenvalue weighted by atomic mass is 32.2. The molecule has 3 rings (SSSR count). The van der Waals surface area contributed by atoms with Gasteiger partial charge in [0.2, 0.25) is 10.0 Å². The van der Waals surface area contributed by atoms with E-state index >= 15 is 0 Å². The van der Waals surface area contributed by atoms with Crippen LogP contribution in [-0.4, -0.2) is 37.7 Å². The minimum absolute atomic E-state index is 0.00417. The normalized spacial score (nSPS) is 27.3. The Morgan fingerprint density at radius 3 is 2.76 bits per heavy atom. The van der Waals surface area contributed by atoms with Gasteiger partial charge >= 0.3 is 0 Å². The Balaban J connectivity index is 1.94. The van der Waals surface area contributed by atoms with Crippen molar-refractivity contribution >= 4 is 10.0 Å². The van der Waals surface area contributed by atoms with Gasteiger partial charge in [0.05, 0.1) is 12.6 Å². The summed E-state index contributed by atoms with van der Waals surface area (Å²) in [5.41, 5.74) is 3.60. The zero-order valence-corrected chi connectivity index (χ0v) is 13.5. The Morgan fingerprint density at radius 2 is 2.05 bits per heavy atom. The van der Waals surface area contributed by atoms with Crippen molar-refractivity contribution in [3.63, 3.8) is 0 Å². The molecular weight excluding hydrogens is 286 g/mol. The van der Waals surface area contributed by atoms with Gasteiger partial charge in [-0.05, 0) is 49.8 Å². The zero-order chi connectivity index (χ0) is 15.0. The summed E-state index contributed by atoms with van der Waals surface area (Å²) < 4.78 is 32.7. The second-order valence-corrected chi connectivity index (χ2v) is 8.25. The first kappa shape index (κ1) is 15.0. The lowest BCUT2D eigenvalue weighted by atomic mass is 9.97. The van der Waals surface area contributed by atoms with Crippen LogP contribution >= 0.6 is 0 Å². The maximum Gasteiger partial charge on any atom is 0.219 e. The number of rotatable bonds is 3. The van der Waals surface area contributed by atoms with Crippen molar-refractivity contribution in [1.29, 1.82) is 0 Å². The van der Waals surface area contributed by atoms with Crippen LogP contribution in [0.1, 0.15) is 42.0 Å². The van der Waals surface area contributed by atoms with E-state index in [1.54, 1.807) is 4.31 Å². The molecule has 0 radical (unpaired) electrons. The largest absolute Gasteiger partial charge is 0.380 e. The van der Waals surface area contributed by atoms with Crippen molar-refractivity contribution in [3.05, 3.63) is 34.9 Å². The molecule has 0 saturated carbocycles. The number of benzene rings is 1. The van der Waals surface area contributed by atoms with Crippen molar-refractivity contribution in [2.45, 2.75) is 44.4 Å². The fraction of sp³-hybridized carbons (Fsp3) is 0.625. The Morgan fingerprint density at radius 1 is 1.24 bits per heavy atom. The molecule has 0 aromatic heterocycles. The molecule has 2 aliphatic rings. The van der Waals surface area contributed by atoms with Crippen LogP contribution < -0.4 is 0 Å². The molecule has 2 saturated heterocycles. The molecule has 0 spiro atoms. The van der Waals surface area contributed by atoms with Crippen LogP contribution in [-0.2, 0) is 14.8 Å². The highest BCUT2D eigenvalue weighted by Crippen LogP contribution is 2.38. The number of aryl methyl sites for hydroxylation is 1. The highest BCUT2D eigenvalue weighted by molar-refractivity contribution is 7.89. The molecule has 116 valence electrons. The smallest absolute Gasteiger partial charge is 0.219 e. The van der Waals surface area contributed by atoms with Gasteiger partial charge in [0.25, 0.3) is 0 Å². The third-order valence-electron chi connectivity index (χ3n) is 4.85. The number of nitrogens with zero attached hydrogens (tertiary/aromatic N) is 1. The van der Waals surface area contributed by atoms with Gasteiger partial charge in [0.15, 0.2) is 0 Å². The van der Waals surface area contributed by atoms with Gasteiger partial charge in [0.1, 0.15) is 5.25 Å². The lowest BCUT2D eigenvalue weighted by molar-refractivity contribution is 0.197. The van der Waals surface area contributed by atoms with Gasteiger partial charge < -0.3 is 4.74 Å². The number of hydrogen-bond donors (Lipinski definition) is 0. The number of sulfonamides is 1. The average Bonchev–Trinajstić information content (AvgIpc) is 3.12. The Bertz CT molecular complexity index is 620. The van der Waals surface area contributed by atoms with Crippen molar-refractivity contribution in [2.24, 2.45) is 0 Å². The topological polar surface area (TPSA) is 46.6 Å². The molecule has 1 aromatic carbocycles. The summed E-state index contributed by atoms with van der Waals surface area (Å²) in [6, 6.07) is 6.18. The van der Waals surface area contributed by atoms with E-state index in [0.717, 1.165) is 18.4 Å². The van der Waals surface area contributed by atoms with Crippen LogP contribution in [0.15, 0.2) is 18.2 Å². The molecule has 2 atom stereocenters. The lowest BCUT2D eigenvalue weighted by Gasteiger charge is -2.28. The van der Waals surface area contributed by atoms with E-state index in [2.05, 4.69) is 26.0 Å². The molecular formula is C16H23NO3S. The molecule has 2 aliphatic heterocycles. The van der Waals surface area contributed by atoms with E-state index in [4.69, 9.17) is 4.74 Å². The molecule has 0 unspecified atom stereocenters. The monoisotopic (exact) mass is 309 g/mol. The van der Waals surface area contributed by atoms with Crippen molar-refractivity contribution in [2.75, 3.05) is 19.8 Å². The van der Waals surface area contributed by atoms with E-state index in [1.165, 1.54) is 11.1 Å². The maximum atomic E-state index is 12.9. The third-order valence-corrected chi connectivity index (χ3v) is 7.15. The quantitative estimate of drug-likeness (QED) is 0.862. The molecule has 0 N–H and O–H groups in total. The van der Waals surface area contributed by atoms with Crippen LogP contribution in [0.25, 0.3) is 0 Å². The fourth-order valence-electron chi connectivity index (χ4n) is 3.43. The highest BCUT2D eigenvalue weighted by Gasteiger charge is 2.41. The van der Waals surface area contributed by atoms with Crippen LogP contribution in [0, 0.1) is 13.8 Å². The standard InChI is InChI=1S/C16H23NO3S/c1-12-5-3-6-15(13(12)2)16-7-4-9-17(16)21(18,19)14-8-10-20-11-14/h3,5-6,14,16H,4,7-11H2,1-2H3/t14-,16-/m0/s1. The summed E-state index contributed by atoms with van der Waals surface area (Å²) in [5.74, 6) is 0. The molecule has 21 heavy (non-hydrogen) atoms. The van der Waals surface area contributed by atoms with E-state index in [0.29, 0.717) is 26.2 Å². The first-order valence-electron chi connectivity index (χ1n) is 7.66. The van der Waals surface area contributed by atoms with Gasteiger partial charge in [0, 0.05) is 13.2 Å². The summed E-state index contributed by atoms with van der Waals surface area (Å²) >= 11 is 0. The van der Waals surface area contributed by atoms with Crippen LogP contribution in [0.3, 0.4) is 0 Å². The second kappa shape index (κ2) is 5.71. The molecule has 2 fully saturated rings. The van der Waals surface area contributed by atoms with Crippen LogP contribution in [0.5, 0.6) is 0 Å². The average molecular weight is 309 g/mol. The van der Waals surface area contributed by atoms with Crippen LogP contribution in [0.2, 0.25) is 0 Å². The predicted molar refractivity (Wildman–Crippen MR) is 82.7 cm³/mol. The Hall–Kier alpha value is -0.910. The van der Waals surface area contributed by atoms with Gasteiger partial charge in [-0.3, -0.25) is 0 Å². The van der Waals surface area contributed by atoms with Crippen LogP contribution in [0.4, 0.5) is 0 Å². The van der Waals surface area contributed by atoms with Crippen molar-refractivity contribution < 1.29 is 13.2 Å². The first-order chi connectivity index (χ1) is 10.0. The fourth-order valence-corrected chi connectivity index (χ4v) is 5.43. The number of hydrogen-bond acceptors (Lipinski definition) is 3. The van der Waals surface area contributed by atoms with E-state index in [1.807, 2.05) is 6.07 Å². The summed E-state index contributed by atoms with van der Waals surface area (Å²) in [6.45, 7) is 5.71. The van der Waals surface area contributed by atoms with Crippen molar-refractivity contribution in [3.8, 4) is 0 Å². The van der Waals surface area contributed by atoms with Gasteiger partial charge in [-0.15, -0.1) is 0 Å². The SMILES string of the molecule is Cc1cccc([C@@H]2CCCN2S(=O)(=O)[C@H]2CCOC2)c1C. The van der Waals surface area contributed by atoms with Gasteiger partial charge in [-0.25, -0.2) is 8.42 Å². The summed E-state index contributed by atoms with van der Waals surface area (Å²) in [5, 5.41) is -0.358. The zero-order valence-electron chi connectivity index (χ0n) is 12.7. The third kappa shape index (κ3) is 2.62. The van der Waals surface area contributed by atoms with Gasteiger partial charge in [-0.1, -0.05) is 18.2 Å². The first-order valence-corrected chi connectivity index (χ1v) is 9.16. The minimum Gasteiger partial charge on any atom is -0.380 e. The van der Waals surface area contributed by atoms with E-state index < -0.39 is 10.0 Å². The lowest BCUT2D eigenvalue weighted by Crippen LogP contribution is -2.38. The molecule has 0 aliphatic carbocycles. The Kier molecular flexibility index (Phi) is 4.08. The molecule has 1 aromatic rings. The van der Waals surface area contributed by atoms with Crippen molar-refractivity contribution in [1.82, 2.24) is 4.31 Å². The van der Waals surface area contributed by atoms with E-state index in [-0.39, 0.29) is 11.3 Å². The minimum atomic E-state index is -3.26. The van der Waals surface area contributed by atoms with E-state index in [9.17, 15) is 8.42 Å². The van der Waals surface area contributed by atoms with Gasteiger partial charge in [-0.2, -0.15) is 4.31 Å². The number of ether oxygens (including phenoxy) is 1. The summed E-state index contributed by atoms with van der Waals surface area (Å²) in [6.07, 6.45) is 2.47. The predicted octanol–water partition coefficient (Wildman–Crippen LogP) is 2.56. The summed E-state index contributed by atoms with van der Waals surface area (Å²) in [4.78, 5) is 0. The summed E-state index contributed by atoms with van der Waals surface area (Å²) in [7, 11) is -3.26. The molecule has 5 heteroatoms. The molecule has 4 nitrogen and oxygen atoms in total. The Labute approximate surface area is 127 Å².